The van der Waals surface area contributed by atoms with Crippen molar-refractivity contribution in [3.05, 3.63) is 48.0 Å². The molecule has 0 bridgehead atoms. The minimum absolute atomic E-state index is 0.171. The molecule has 16 heavy (non-hydrogen) atoms. The van der Waals surface area contributed by atoms with Gasteiger partial charge in [-0.1, -0.05) is 0 Å². The van der Waals surface area contributed by atoms with E-state index in [0.717, 1.165) is 5.69 Å². The Labute approximate surface area is 91.5 Å². The van der Waals surface area contributed by atoms with E-state index in [1.54, 1.807) is 12.3 Å². The first kappa shape index (κ1) is 10.4. The van der Waals surface area contributed by atoms with Crippen molar-refractivity contribution in [3.8, 4) is 0 Å². The topological polar surface area (TPSA) is 57.8 Å². The van der Waals surface area contributed by atoms with Crippen molar-refractivity contribution in [1.82, 2.24) is 10.2 Å². The molecule has 1 aromatic heterocycles. The summed E-state index contributed by atoms with van der Waals surface area (Å²) in [6.07, 6.45) is 1.80. The van der Waals surface area contributed by atoms with E-state index in [4.69, 9.17) is 0 Å². The fourth-order valence-corrected chi connectivity index (χ4v) is 1.29. The third-order valence-corrected chi connectivity index (χ3v) is 2.04. The molecule has 82 valence electrons. The average Bonchev–Trinajstić information content (AvgIpc) is 2.74. The minimum Gasteiger partial charge on any atom is -0.326 e. The van der Waals surface area contributed by atoms with E-state index in [2.05, 4.69) is 15.5 Å². The van der Waals surface area contributed by atoms with Crippen molar-refractivity contribution in [2.75, 3.05) is 5.32 Å². The first-order valence-electron chi connectivity index (χ1n) is 4.78. The summed E-state index contributed by atoms with van der Waals surface area (Å²) in [6, 6.07) is 7.35. The van der Waals surface area contributed by atoms with Gasteiger partial charge in [0.05, 0.1) is 6.42 Å². The number of rotatable bonds is 3. The summed E-state index contributed by atoms with van der Waals surface area (Å²) in [5.41, 5.74) is 1.31. The number of halogens is 1. The molecule has 0 saturated heterocycles. The van der Waals surface area contributed by atoms with Gasteiger partial charge in [0.15, 0.2) is 0 Å². The van der Waals surface area contributed by atoms with Gasteiger partial charge in [-0.2, -0.15) is 5.10 Å². The van der Waals surface area contributed by atoms with Crippen LogP contribution >= 0.6 is 0 Å². The molecule has 0 atom stereocenters. The molecule has 2 N–H and O–H groups in total. The highest BCUT2D eigenvalue weighted by Gasteiger charge is 2.04. The molecular weight excluding hydrogens is 209 g/mol. The Balaban J connectivity index is 1.95. The molecule has 2 aromatic rings. The summed E-state index contributed by atoms with van der Waals surface area (Å²) in [4.78, 5) is 11.5. The lowest BCUT2D eigenvalue weighted by molar-refractivity contribution is -0.115. The second kappa shape index (κ2) is 4.57. The lowest BCUT2D eigenvalue weighted by atomic mass is 10.2. The number of H-pyrrole nitrogens is 1. The molecule has 1 heterocycles. The van der Waals surface area contributed by atoms with Gasteiger partial charge in [0.2, 0.25) is 5.91 Å². The highest BCUT2D eigenvalue weighted by atomic mass is 19.1. The summed E-state index contributed by atoms with van der Waals surface area (Å²) in [5, 5.41) is 9.09. The number of hydrogen-bond acceptors (Lipinski definition) is 2. The van der Waals surface area contributed by atoms with E-state index < -0.39 is 0 Å². The van der Waals surface area contributed by atoms with Crippen LogP contribution in [0.5, 0.6) is 0 Å². The average molecular weight is 219 g/mol. The van der Waals surface area contributed by atoms with Gasteiger partial charge in [-0.25, -0.2) is 4.39 Å². The second-order valence-electron chi connectivity index (χ2n) is 3.31. The van der Waals surface area contributed by atoms with E-state index in [1.165, 1.54) is 24.3 Å². The maximum absolute atomic E-state index is 12.6. The van der Waals surface area contributed by atoms with Crippen LogP contribution in [0.3, 0.4) is 0 Å². The first-order chi connectivity index (χ1) is 7.74. The van der Waals surface area contributed by atoms with Gasteiger partial charge in [0, 0.05) is 17.6 Å². The Morgan fingerprint density at radius 1 is 1.31 bits per heavy atom. The molecule has 4 nitrogen and oxygen atoms in total. The van der Waals surface area contributed by atoms with Crippen LogP contribution in [0.15, 0.2) is 36.5 Å². The Hall–Kier alpha value is -2.17. The van der Waals surface area contributed by atoms with E-state index >= 15 is 0 Å². The van der Waals surface area contributed by atoms with E-state index in [9.17, 15) is 9.18 Å². The van der Waals surface area contributed by atoms with Gasteiger partial charge >= 0.3 is 0 Å². The molecule has 0 radical (unpaired) electrons. The van der Waals surface area contributed by atoms with Gasteiger partial charge in [-0.15, -0.1) is 0 Å². The van der Waals surface area contributed by atoms with Crippen molar-refractivity contribution in [3.63, 3.8) is 0 Å². The third-order valence-electron chi connectivity index (χ3n) is 2.04. The molecule has 5 heteroatoms. The zero-order chi connectivity index (χ0) is 11.4. The van der Waals surface area contributed by atoms with Gasteiger partial charge in [0.25, 0.3) is 0 Å². The molecule has 0 aliphatic carbocycles. The van der Waals surface area contributed by atoms with Crippen molar-refractivity contribution in [1.29, 1.82) is 0 Å². The van der Waals surface area contributed by atoms with Crippen LogP contribution < -0.4 is 5.32 Å². The predicted molar refractivity (Wildman–Crippen MR) is 57.3 cm³/mol. The van der Waals surface area contributed by atoms with E-state index in [1.807, 2.05) is 0 Å². The minimum atomic E-state index is -0.327. The summed E-state index contributed by atoms with van der Waals surface area (Å²) < 4.78 is 12.6. The van der Waals surface area contributed by atoms with Crippen LogP contribution in [0.4, 0.5) is 10.1 Å². The maximum atomic E-state index is 12.6. The predicted octanol–water partition coefficient (Wildman–Crippen LogP) is 1.73. The zero-order valence-electron chi connectivity index (χ0n) is 8.40. The highest BCUT2D eigenvalue weighted by Crippen LogP contribution is 2.08. The number of benzene rings is 1. The fraction of sp³-hybridized carbons (Fsp3) is 0.0909. The Bertz CT molecular complexity index is 464. The SMILES string of the molecule is O=C(Cc1ccn[nH]1)Nc1ccc(F)cc1. The molecule has 0 spiro atoms. The largest absolute Gasteiger partial charge is 0.326 e. The van der Waals surface area contributed by atoms with Gasteiger partial charge in [0.1, 0.15) is 5.82 Å². The van der Waals surface area contributed by atoms with Crippen molar-refractivity contribution in [2.45, 2.75) is 6.42 Å². The summed E-state index contributed by atoms with van der Waals surface area (Å²) >= 11 is 0. The molecule has 1 aromatic carbocycles. The molecule has 0 aliphatic heterocycles. The number of nitrogens with zero attached hydrogens (tertiary/aromatic N) is 1. The van der Waals surface area contributed by atoms with Crippen LogP contribution in [-0.2, 0) is 11.2 Å². The zero-order valence-corrected chi connectivity index (χ0v) is 8.40. The Kier molecular flexibility index (Phi) is 2.95. The number of aromatic nitrogens is 2. The molecule has 0 saturated carbocycles. The summed E-state index contributed by atoms with van der Waals surface area (Å²) in [5.74, 6) is -0.498. The molecule has 0 aliphatic rings. The number of amides is 1. The Morgan fingerprint density at radius 3 is 2.69 bits per heavy atom. The van der Waals surface area contributed by atoms with E-state index in [0.29, 0.717) is 5.69 Å². The molecule has 2 rings (SSSR count). The quantitative estimate of drug-likeness (QED) is 0.825. The van der Waals surface area contributed by atoms with Crippen molar-refractivity contribution < 1.29 is 9.18 Å². The normalized spacial score (nSPS) is 10.1. The number of nitrogens with one attached hydrogen (secondary N) is 2. The number of anilines is 1. The summed E-state index contributed by atoms with van der Waals surface area (Å²) in [7, 11) is 0. The third kappa shape index (κ3) is 2.66. The van der Waals surface area contributed by atoms with Crippen LogP contribution in [0.2, 0.25) is 0 Å². The van der Waals surface area contributed by atoms with Crippen LogP contribution in [0.25, 0.3) is 0 Å². The smallest absolute Gasteiger partial charge is 0.230 e. The molecular formula is C11H10FN3O. The highest BCUT2D eigenvalue weighted by molar-refractivity contribution is 5.91. The first-order valence-corrected chi connectivity index (χ1v) is 4.78. The second-order valence-corrected chi connectivity index (χ2v) is 3.31. The standard InChI is InChI=1S/C11H10FN3O/c12-8-1-3-9(4-2-8)14-11(16)7-10-5-6-13-15-10/h1-6H,7H2,(H,13,15)(H,14,16). The lowest BCUT2D eigenvalue weighted by Gasteiger charge is -2.03. The van der Waals surface area contributed by atoms with Crippen LogP contribution in [0.1, 0.15) is 5.69 Å². The molecule has 0 fully saturated rings. The van der Waals surface area contributed by atoms with Gasteiger partial charge in [-0.05, 0) is 30.3 Å². The Morgan fingerprint density at radius 2 is 2.06 bits per heavy atom. The number of aromatic amines is 1. The molecule has 1 amide bonds. The van der Waals surface area contributed by atoms with Gasteiger partial charge in [-0.3, -0.25) is 9.89 Å². The van der Waals surface area contributed by atoms with Crippen molar-refractivity contribution >= 4 is 11.6 Å². The summed E-state index contributed by atoms with van der Waals surface area (Å²) in [6.45, 7) is 0. The fourth-order valence-electron chi connectivity index (χ4n) is 1.29. The monoisotopic (exact) mass is 219 g/mol. The number of hydrogen-bond donors (Lipinski definition) is 2. The van der Waals surface area contributed by atoms with Crippen molar-refractivity contribution in [2.24, 2.45) is 0 Å². The number of carbonyl (C=O) groups excluding carboxylic acids is 1. The van der Waals surface area contributed by atoms with E-state index in [-0.39, 0.29) is 18.1 Å². The van der Waals surface area contributed by atoms with Gasteiger partial charge < -0.3 is 5.32 Å². The molecule has 0 unspecified atom stereocenters. The number of carbonyl (C=O) groups is 1. The lowest BCUT2D eigenvalue weighted by Crippen LogP contribution is -2.14. The van der Waals surface area contributed by atoms with Crippen LogP contribution in [-0.4, -0.2) is 16.1 Å². The maximum Gasteiger partial charge on any atom is 0.230 e. The van der Waals surface area contributed by atoms with Crippen LogP contribution in [0, 0.1) is 5.82 Å².